The smallest absolute Gasteiger partial charge is 0.251 e. The number of nitrogens with one attached hydrogen (secondary N) is 1. The van der Waals surface area contributed by atoms with E-state index in [1.807, 2.05) is 13.0 Å². The summed E-state index contributed by atoms with van der Waals surface area (Å²) in [5.74, 6) is 0.502. The maximum atomic E-state index is 11.9. The van der Waals surface area contributed by atoms with Gasteiger partial charge in [0.25, 0.3) is 6.43 Å². The van der Waals surface area contributed by atoms with Crippen molar-refractivity contribution in [1.82, 2.24) is 25.2 Å². The molecule has 2 aliphatic rings. The molecule has 2 aliphatic heterocycles. The first-order valence-corrected chi connectivity index (χ1v) is 11.9. The van der Waals surface area contributed by atoms with Crippen molar-refractivity contribution in [3.63, 3.8) is 0 Å². The van der Waals surface area contributed by atoms with Crippen LogP contribution in [0.25, 0.3) is 22.3 Å². The van der Waals surface area contributed by atoms with Gasteiger partial charge in [0.15, 0.2) is 5.52 Å². The van der Waals surface area contributed by atoms with Crippen LogP contribution in [-0.2, 0) is 4.74 Å². The van der Waals surface area contributed by atoms with Gasteiger partial charge in [-0.2, -0.15) is 0 Å². The van der Waals surface area contributed by atoms with Crippen molar-refractivity contribution in [1.29, 1.82) is 0 Å². The van der Waals surface area contributed by atoms with Crippen LogP contribution in [0.2, 0.25) is 0 Å². The number of hydrogen-bond donors (Lipinski definition) is 1. The van der Waals surface area contributed by atoms with Gasteiger partial charge in [-0.25, -0.2) is 18.7 Å². The highest BCUT2D eigenvalue weighted by Gasteiger charge is 2.19. The van der Waals surface area contributed by atoms with E-state index in [9.17, 15) is 8.78 Å². The molecule has 0 saturated carbocycles. The van der Waals surface area contributed by atoms with Crippen LogP contribution >= 0.6 is 0 Å². The number of anilines is 1. The van der Waals surface area contributed by atoms with E-state index in [1.54, 1.807) is 24.4 Å². The highest BCUT2D eigenvalue weighted by molar-refractivity contribution is 5.83. The van der Waals surface area contributed by atoms with Gasteiger partial charge in [0, 0.05) is 62.9 Å². The number of pyridine rings is 1. The van der Waals surface area contributed by atoms with Gasteiger partial charge in [-0.15, -0.1) is 0 Å². The van der Waals surface area contributed by atoms with Crippen LogP contribution in [0.5, 0.6) is 5.88 Å². The highest BCUT2D eigenvalue weighted by atomic mass is 19.3. The third kappa shape index (κ3) is 6.81. The molecule has 5 rings (SSSR count). The number of fused-ring (bicyclic) bond motifs is 1. The number of aromatic nitrogens is 3. The van der Waals surface area contributed by atoms with Crippen LogP contribution in [0.3, 0.4) is 0 Å². The molecule has 0 amide bonds. The van der Waals surface area contributed by atoms with Crippen molar-refractivity contribution >= 4 is 16.7 Å². The molecule has 1 atom stereocenters. The Labute approximate surface area is 204 Å². The van der Waals surface area contributed by atoms with E-state index in [1.165, 1.54) is 5.69 Å². The summed E-state index contributed by atoms with van der Waals surface area (Å²) < 4.78 is 34.3. The minimum atomic E-state index is -2.22. The Hall–Kier alpha value is -2.95. The van der Waals surface area contributed by atoms with Crippen molar-refractivity contribution < 1.29 is 18.3 Å². The van der Waals surface area contributed by atoms with Crippen molar-refractivity contribution in [3.8, 4) is 17.1 Å². The number of rotatable bonds is 5. The Morgan fingerprint density at radius 3 is 2.54 bits per heavy atom. The summed E-state index contributed by atoms with van der Waals surface area (Å²) in [6, 6.07) is 10.4. The monoisotopic (exact) mass is 486 g/mol. The molecule has 0 unspecified atom stereocenters. The molecule has 0 spiro atoms. The number of benzene rings is 1. The van der Waals surface area contributed by atoms with Crippen LogP contribution in [0.1, 0.15) is 6.92 Å². The zero-order valence-corrected chi connectivity index (χ0v) is 20.2. The number of morpholine rings is 1. The molecule has 4 heterocycles. The number of alkyl halides is 2. The Kier molecular flexibility index (Phi) is 8.73. The van der Waals surface area contributed by atoms with Crippen molar-refractivity contribution in [2.24, 2.45) is 0 Å². The fourth-order valence-corrected chi connectivity index (χ4v) is 4.25. The lowest BCUT2D eigenvalue weighted by Crippen LogP contribution is -2.43. The summed E-state index contributed by atoms with van der Waals surface area (Å²) in [5, 5.41) is 3.37. The Morgan fingerprint density at radius 1 is 1.11 bits per heavy atom. The maximum Gasteiger partial charge on any atom is 0.251 e. The second-order valence-electron chi connectivity index (χ2n) is 8.56. The highest BCUT2D eigenvalue weighted by Crippen LogP contribution is 2.28. The molecular weight excluding hydrogens is 454 g/mol. The molecule has 2 saturated heterocycles. The molecule has 188 valence electrons. The molecule has 2 fully saturated rings. The molecule has 2 aromatic heterocycles. The SMILES string of the molecule is COc1nc(-c2ccc(N3CCNCC3)cc2)cc2nccnc12.C[C@@H]1CN(CC(F)F)CCO1. The zero-order valence-electron chi connectivity index (χ0n) is 20.2. The number of hydrogen-bond acceptors (Lipinski definition) is 8. The number of piperazine rings is 1. The van der Waals surface area contributed by atoms with Crippen molar-refractivity contribution in [2.75, 3.05) is 64.4 Å². The Morgan fingerprint density at radius 2 is 1.86 bits per heavy atom. The largest absolute Gasteiger partial charge is 0.479 e. The van der Waals surface area contributed by atoms with Gasteiger partial charge in [0.2, 0.25) is 5.88 Å². The third-order valence-electron chi connectivity index (χ3n) is 5.98. The number of ether oxygens (including phenoxy) is 2. The first-order valence-electron chi connectivity index (χ1n) is 11.9. The molecule has 35 heavy (non-hydrogen) atoms. The van der Waals surface area contributed by atoms with E-state index in [0.717, 1.165) is 43.0 Å². The fraction of sp³-hybridized carbons (Fsp3) is 0.480. The lowest BCUT2D eigenvalue weighted by molar-refractivity contribution is -0.0360. The molecule has 8 nitrogen and oxygen atoms in total. The maximum absolute atomic E-state index is 11.9. The van der Waals surface area contributed by atoms with E-state index < -0.39 is 6.43 Å². The number of methoxy groups -OCH3 is 1. The summed E-state index contributed by atoms with van der Waals surface area (Å²) in [7, 11) is 1.60. The predicted octanol–water partition coefficient (Wildman–Crippen LogP) is 3.08. The lowest BCUT2D eigenvalue weighted by Gasteiger charge is -2.30. The summed E-state index contributed by atoms with van der Waals surface area (Å²) >= 11 is 0. The molecule has 10 heteroatoms. The average Bonchev–Trinajstić information content (AvgIpc) is 2.89. The van der Waals surface area contributed by atoms with Gasteiger partial charge in [-0.05, 0) is 25.1 Å². The van der Waals surface area contributed by atoms with Gasteiger partial charge in [-0.1, -0.05) is 12.1 Å². The standard InChI is InChI=1S/C18H19N5O.C7H13F2NO/c1-24-18-17-16(20-6-7-21-17)12-15(22-18)13-2-4-14(5-3-13)23-10-8-19-9-11-23;1-6-4-10(2-3-11-6)5-7(8)9/h2-7,12,19H,8-11H2,1H3;6-7H,2-5H2,1H3/t;6-/m.1/s1. The summed E-state index contributed by atoms with van der Waals surface area (Å²) in [4.78, 5) is 17.4. The number of halogens is 2. The van der Waals surface area contributed by atoms with E-state index in [2.05, 4.69) is 49.4 Å². The molecule has 0 bridgehead atoms. The quantitative estimate of drug-likeness (QED) is 0.590. The Bertz CT molecular complexity index is 1080. The first-order chi connectivity index (χ1) is 17.0. The summed E-state index contributed by atoms with van der Waals surface area (Å²) in [6.07, 6.45) is 1.20. The van der Waals surface area contributed by atoms with E-state index in [-0.39, 0.29) is 12.6 Å². The summed E-state index contributed by atoms with van der Waals surface area (Å²) in [6.45, 7) is 7.76. The second-order valence-corrected chi connectivity index (χ2v) is 8.56. The topological polar surface area (TPSA) is 75.6 Å². The van der Waals surface area contributed by atoms with Gasteiger partial charge < -0.3 is 19.7 Å². The van der Waals surface area contributed by atoms with Crippen LogP contribution in [0, 0.1) is 0 Å². The third-order valence-corrected chi connectivity index (χ3v) is 5.98. The molecule has 0 aliphatic carbocycles. The van der Waals surface area contributed by atoms with Crippen LogP contribution in [0.4, 0.5) is 14.5 Å². The minimum Gasteiger partial charge on any atom is -0.479 e. The first kappa shape index (κ1) is 25.2. The minimum absolute atomic E-state index is 0.0995. The average molecular weight is 487 g/mol. The molecule has 0 radical (unpaired) electrons. The Balaban J connectivity index is 0.000000221. The van der Waals surface area contributed by atoms with E-state index in [4.69, 9.17) is 9.47 Å². The molecule has 3 aromatic rings. The normalized spacial score (nSPS) is 18.9. The van der Waals surface area contributed by atoms with Gasteiger partial charge in [0.05, 0.1) is 37.6 Å². The van der Waals surface area contributed by atoms with E-state index in [0.29, 0.717) is 31.1 Å². The van der Waals surface area contributed by atoms with Gasteiger partial charge in [-0.3, -0.25) is 9.88 Å². The zero-order chi connectivity index (χ0) is 24.6. The molecular formula is C25H32F2N6O2. The van der Waals surface area contributed by atoms with Crippen molar-refractivity contribution in [2.45, 2.75) is 19.5 Å². The van der Waals surface area contributed by atoms with Crippen LogP contribution in [-0.4, -0.2) is 91.9 Å². The molecule has 1 aromatic carbocycles. The predicted molar refractivity (Wildman–Crippen MR) is 132 cm³/mol. The van der Waals surface area contributed by atoms with Crippen LogP contribution < -0.4 is 15.0 Å². The van der Waals surface area contributed by atoms with Crippen LogP contribution in [0.15, 0.2) is 42.7 Å². The van der Waals surface area contributed by atoms with Gasteiger partial charge in [0.1, 0.15) is 0 Å². The summed E-state index contributed by atoms with van der Waals surface area (Å²) in [5.41, 5.74) is 4.59. The fourth-order valence-electron chi connectivity index (χ4n) is 4.25. The van der Waals surface area contributed by atoms with Crippen molar-refractivity contribution in [3.05, 3.63) is 42.7 Å². The lowest BCUT2D eigenvalue weighted by atomic mass is 10.1. The second kappa shape index (κ2) is 12.1. The number of nitrogens with zero attached hydrogens (tertiary/aromatic N) is 5. The van der Waals surface area contributed by atoms with E-state index >= 15 is 0 Å². The molecule has 1 N–H and O–H groups in total. The van der Waals surface area contributed by atoms with Gasteiger partial charge >= 0.3 is 0 Å².